The summed E-state index contributed by atoms with van der Waals surface area (Å²) in [6, 6.07) is 8.21. The van der Waals surface area contributed by atoms with Gasteiger partial charge in [0.15, 0.2) is 0 Å². The number of hydrogen-bond acceptors (Lipinski definition) is 3. The van der Waals surface area contributed by atoms with Crippen LogP contribution in [0.2, 0.25) is 0 Å². The Kier molecular flexibility index (Phi) is 3.14. The number of nitrogens with zero attached hydrogens (tertiary/aromatic N) is 2. The molecule has 0 spiro atoms. The highest BCUT2D eigenvalue weighted by Crippen LogP contribution is 2.33. The molecule has 0 saturated carbocycles. The van der Waals surface area contributed by atoms with Crippen molar-refractivity contribution < 1.29 is 4.42 Å². The van der Waals surface area contributed by atoms with E-state index >= 15 is 0 Å². The molecule has 0 atom stereocenters. The van der Waals surface area contributed by atoms with Gasteiger partial charge in [-0.3, -0.25) is 0 Å². The molecular weight excluding hydrogens is 262 g/mol. The minimum Gasteiger partial charge on any atom is -0.469 e. The van der Waals surface area contributed by atoms with E-state index in [2.05, 4.69) is 43.5 Å². The van der Waals surface area contributed by atoms with Gasteiger partial charge in [0, 0.05) is 12.1 Å². The predicted molar refractivity (Wildman–Crippen MR) is 85.1 cm³/mol. The molecule has 0 unspecified atom stereocenters. The first-order chi connectivity index (χ1) is 9.91. The molecule has 0 saturated heterocycles. The molecule has 0 aliphatic heterocycles. The highest BCUT2D eigenvalue weighted by atomic mass is 16.3. The molecule has 0 bridgehead atoms. The Balaban J connectivity index is 2.35. The van der Waals surface area contributed by atoms with Gasteiger partial charge in [-0.1, -0.05) is 6.07 Å². The summed E-state index contributed by atoms with van der Waals surface area (Å²) in [4.78, 5) is 4.84. The molecule has 21 heavy (non-hydrogen) atoms. The molecule has 4 heteroatoms. The second kappa shape index (κ2) is 4.74. The summed E-state index contributed by atoms with van der Waals surface area (Å²) in [5.74, 6) is 1.83. The van der Waals surface area contributed by atoms with E-state index in [0.29, 0.717) is 6.54 Å². The van der Waals surface area contributed by atoms with Crippen molar-refractivity contribution in [1.29, 1.82) is 0 Å². The molecule has 0 aliphatic carbocycles. The van der Waals surface area contributed by atoms with Gasteiger partial charge in [-0.15, -0.1) is 0 Å². The van der Waals surface area contributed by atoms with E-state index in [1.54, 1.807) is 6.26 Å². The Morgan fingerprint density at radius 3 is 2.57 bits per heavy atom. The average Bonchev–Trinajstić information content (AvgIpc) is 2.99. The fourth-order valence-electron chi connectivity index (χ4n) is 2.73. The standard InChI is InChI=1S/C17H21N3O/c1-11-13(7-8-21-11)16-19-14-9-12(10-18)5-6-15(14)20(16)17(2,3)4/h5-9H,10,18H2,1-4H3. The van der Waals surface area contributed by atoms with Crippen molar-refractivity contribution >= 4 is 11.0 Å². The van der Waals surface area contributed by atoms with Crippen LogP contribution in [0.25, 0.3) is 22.4 Å². The lowest BCUT2D eigenvalue weighted by Gasteiger charge is -2.24. The van der Waals surface area contributed by atoms with Crippen LogP contribution < -0.4 is 5.73 Å². The fraction of sp³-hybridized carbons (Fsp3) is 0.353. The van der Waals surface area contributed by atoms with Gasteiger partial charge in [-0.2, -0.15) is 0 Å². The molecule has 0 fully saturated rings. The highest BCUT2D eigenvalue weighted by molar-refractivity contribution is 5.82. The van der Waals surface area contributed by atoms with Gasteiger partial charge >= 0.3 is 0 Å². The molecule has 2 heterocycles. The summed E-state index contributed by atoms with van der Waals surface area (Å²) in [5, 5.41) is 0. The molecule has 0 aliphatic rings. The van der Waals surface area contributed by atoms with Crippen LogP contribution in [0.1, 0.15) is 32.1 Å². The van der Waals surface area contributed by atoms with Crippen molar-refractivity contribution in [3.05, 3.63) is 41.9 Å². The Bertz CT molecular complexity index is 790. The lowest BCUT2D eigenvalue weighted by molar-refractivity contribution is 0.412. The molecule has 0 amide bonds. The number of fused-ring (bicyclic) bond motifs is 1. The van der Waals surface area contributed by atoms with Crippen molar-refractivity contribution in [3.8, 4) is 11.4 Å². The van der Waals surface area contributed by atoms with Crippen molar-refractivity contribution in [1.82, 2.24) is 9.55 Å². The Morgan fingerprint density at radius 2 is 2.00 bits per heavy atom. The maximum absolute atomic E-state index is 5.74. The van der Waals surface area contributed by atoms with Gasteiger partial charge < -0.3 is 14.7 Å². The minimum atomic E-state index is -0.0714. The van der Waals surface area contributed by atoms with E-state index in [9.17, 15) is 0 Å². The molecule has 4 nitrogen and oxygen atoms in total. The molecule has 110 valence electrons. The topological polar surface area (TPSA) is 57.0 Å². The van der Waals surface area contributed by atoms with Gasteiger partial charge in [-0.25, -0.2) is 4.98 Å². The van der Waals surface area contributed by atoms with Crippen molar-refractivity contribution in [2.24, 2.45) is 5.73 Å². The van der Waals surface area contributed by atoms with Crippen LogP contribution >= 0.6 is 0 Å². The summed E-state index contributed by atoms with van der Waals surface area (Å²) in [6.07, 6.45) is 1.71. The number of aromatic nitrogens is 2. The predicted octanol–water partition coefficient (Wildman–Crippen LogP) is 3.82. The maximum Gasteiger partial charge on any atom is 0.145 e. The van der Waals surface area contributed by atoms with Gasteiger partial charge in [0.05, 0.1) is 22.9 Å². The van der Waals surface area contributed by atoms with E-state index in [4.69, 9.17) is 15.1 Å². The largest absolute Gasteiger partial charge is 0.469 e. The van der Waals surface area contributed by atoms with Crippen LogP contribution in [-0.2, 0) is 12.1 Å². The van der Waals surface area contributed by atoms with Gasteiger partial charge in [0.1, 0.15) is 11.6 Å². The zero-order chi connectivity index (χ0) is 15.2. The highest BCUT2D eigenvalue weighted by Gasteiger charge is 2.24. The molecular formula is C17H21N3O. The number of nitrogens with two attached hydrogens (primary N) is 1. The van der Waals surface area contributed by atoms with Crippen LogP contribution in [0.4, 0.5) is 0 Å². The Hall–Kier alpha value is -2.07. The van der Waals surface area contributed by atoms with Crippen LogP contribution in [0, 0.1) is 6.92 Å². The fourth-order valence-corrected chi connectivity index (χ4v) is 2.73. The lowest BCUT2D eigenvalue weighted by atomic mass is 10.1. The van der Waals surface area contributed by atoms with E-state index in [0.717, 1.165) is 33.7 Å². The summed E-state index contributed by atoms with van der Waals surface area (Å²) >= 11 is 0. The minimum absolute atomic E-state index is 0.0714. The van der Waals surface area contributed by atoms with Crippen molar-refractivity contribution in [2.75, 3.05) is 0 Å². The zero-order valence-electron chi connectivity index (χ0n) is 13.0. The van der Waals surface area contributed by atoms with Crippen molar-refractivity contribution in [3.63, 3.8) is 0 Å². The number of imidazole rings is 1. The number of hydrogen-bond donors (Lipinski definition) is 1. The molecule has 3 rings (SSSR count). The molecule has 0 radical (unpaired) electrons. The number of rotatable bonds is 2. The quantitative estimate of drug-likeness (QED) is 0.778. The average molecular weight is 283 g/mol. The van der Waals surface area contributed by atoms with Crippen LogP contribution in [0.5, 0.6) is 0 Å². The zero-order valence-corrected chi connectivity index (χ0v) is 13.0. The number of furan rings is 1. The smallest absolute Gasteiger partial charge is 0.145 e. The van der Waals surface area contributed by atoms with Crippen LogP contribution in [0.15, 0.2) is 34.9 Å². The summed E-state index contributed by atoms with van der Waals surface area (Å²) in [7, 11) is 0. The normalized spacial score (nSPS) is 12.2. The SMILES string of the molecule is Cc1occc1-c1nc2cc(CN)ccc2n1C(C)(C)C. The van der Waals surface area contributed by atoms with E-state index in [1.165, 1.54) is 0 Å². The van der Waals surface area contributed by atoms with Crippen molar-refractivity contribution in [2.45, 2.75) is 39.8 Å². The summed E-state index contributed by atoms with van der Waals surface area (Å²) in [6.45, 7) is 9.04. The summed E-state index contributed by atoms with van der Waals surface area (Å²) < 4.78 is 7.72. The molecule has 2 N–H and O–H groups in total. The third-order valence-corrected chi connectivity index (χ3v) is 3.73. The van der Waals surface area contributed by atoms with Gasteiger partial charge in [0.2, 0.25) is 0 Å². The lowest BCUT2D eigenvalue weighted by Crippen LogP contribution is -2.22. The first-order valence-corrected chi connectivity index (χ1v) is 7.18. The molecule has 1 aromatic carbocycles. The summed E-state index contributed by atoms with van der Waals surface area (Å²) in [5.41, 5.74) is 9.90. The monoisotopic (exact) mass is 283 g/mol. The second-order valence-electron chi connectivity index (χ2n) is 6.36. The Morgan fingerprint density at radius 1 is 1.24 bits per heavy atom. The molecule has 3 aromatic rings. The van der Waals surface area contributed by atoms with Gasteiger partial charge in [0.25, 0.3) is 0 Å². The number of aryl methyl sites for hydroxylation is 1. The van der Waals surface area contributed by atoms with Gasteiger partial charge in [-0.05, 0) is 51.5 Å². The third kappa shape index (κ3) is 2.25. The molecule has 2 aromatic heterocycles. The van der Waals surface area contributed by atoms with E-state index in [1.807, 2.05) is 13.0 Å². The maximum atomic E-state index is 5.74. The van der Waals surface area contributed by atoms with Crippen LogP contribution in [0.3, 0.4) is 0 Å². The third-order valence-electron chi connectivity index (χ3n) is 3.73. The first kappa shape index (κ1) is 13.9. The number of benzene rings is 1. The first-order valence-electron chi connectivity index (χ1n) is 7.18. The van der Waals surface area contributed by atoms with Crippen LogP contribution in [-0.4, -0.2) is 9.55 Å². The second-order valence-corrected chi connectivity index (χ2v) is 6.36. The van der Waals surface area contributed by atoms with E-state index < -0.39 is 0 Å². The van der Waals surface area contributed by atoms with E-state index in [-0.39, 0.29) is 5.54 Å². The Labute approximate surface area is 124 Å².